The molecule has 0 spiro atoms. The van der Waals surface area contributed by atoms with Crippen molar-refractivity contribution in [1.29, 1.82) is 0 Å². The van der Waals surface area contributed by atoms with E-state index in [2.05, 4.69) is 112 Å². The second kappa shape index (κ2) is 11.2. The van der Waals surface area contributed by atoms with Crippen molar-refractivity contribution >= 4 is 21.8 Å². The number of aryl methyl sites for hydroxylation is 3. The summed E-state index contributed by atoms with van der Waals surface area (Å²) in [5.74, 6) is 2.84. The van der Waals surface area contributed by atoms with E-state index < -0.39 is 0 Å². The van der Waals surface area contributed by atoms with Gasteiger partial charge in [0, 0.05) is 40.9 Å². The third kappa shape index (κ3) is 4.94. The highest BCUT2D eigenvalue weighted by Gasteiger charge is 2.16. The molecule has 218 valence electrons. The lowest BCUT2D eigenvalue weighted by molar-refractivity contribution is 0.483. The molecule has 0 atom stereocenters. The maximum Gasteiger partial charge on any atom is 0.137 e. The van der Waals surface area contributed by atoms with Gasteiger partial charge < -0.3 is 4.74 Å². The van der Waals surface area contributed by atoms with E-state index in [1.807, 2.05) is 41.3 Å². The Hall–Kier alpha value is -5.16. The van der Waals surface area contributed by atoms with Gasteiger partial charge in [0.15, 0.2) is 0 Å². The van der Waals surface area contributed by atoms with Gasteiger partial charge in [-0.05, 0) is 96.5 Å². The summed E-state index contributed by atoms with van der Waals surface area (Å²) in [6.07, 6.45) is 6.98. The van der Waals surface area contributed by atoms with Gasteiger partial charge in [-0.3, -0.25) is 4.57 Å². The standard InChI is InChI=1S/C39H36N4O/c1-6-28-18-26(4)39(27(5)19-28)30-23-41-42(24-30)31-10-9-11-32(21-31)44-33-14-15-35-34-12-7-8-13-36(34)43(37(35)22-33)38-20-29(25(2)3)16-17-40-38/h7-25H,6H2,1-5H3. The first-order valence-electron chi connectivity index (χ1n) is 15.3. The lowest BCUT2D eigenvalue weighted by Gasteiger charge is -2.12. The Balaban J connectivity index is 1.24. The van der Waals surface area contributed by atoms with Crippen LogP contribution in [0.5, 0.6) is 11.5 Å². The molecular weight excluding hydrogens is 540 g/mol. The smallest absolute Gasteiger partial charge is 0.137 e. The Morgan fingerprint density at radius 2 is 1.55 bits per heavy atom. The minimum Gasteiger partial charge on any atom is -0.457 e. The lowest BCUT2D eigenvalue weighted by Crippen LogP contribution is -1.99. The van der Waals surface area contributed by atoms with Crippen LogP contribution in [-0.2, 0) is 6.42 Å². The van der Waals surface area contributed by atoms with Crippen LogP contribution in [-0.4, -0.2) is 19.3 Å². The van der Waals surface area contributed by atoms with Crippen LogP contribution in [0.15, 0.2) is 110 Å². The van der Waals surface area contributed by atoms with Crippen LogP contribution in [0.4, 0.5) is 0 Å². The molecule has 0 aliphatic carbocycles. The van der Waals surface area contributed by atoms with Gasteiger partial charge in [0.1, 0.15) is 17.3 Å². The fourth-order valence-corrected chi connectivity index (χ4v) is 6.31. The number of fused-ring (bicyclic) bond motifs is 3. The Morgan fingerprint density at radius 1 is 0.773 bits per heavy atom. The van der Waals surface area contributed by atoms with E-state index >= 15 is 0 Å². The fourth-order valence-electron chi connectivity index (χ4n) is 6.31. The van der Waals surface area contributed by atoms with Gasteiger partial charge >= 0.3 is 0 Å². The van der Waals surface area contributed by atoms with Gasteiger partial charge in [-0.2, -0.15) is 5.10 Å². The van der Waals surface area contributed by atoms with Crippen LogP contribution in [0, 0.1) is 13.8 Å². The van der Waals surface area contributed by atoms with Crippen molar-refractivity contribution in [1.82, 2.24) is 19.3 Å². The van der Waals surface area contributed by atoms with Crippen molar-refractivity contribution < 1.29 is 4.74 Å². The molecule has 5 heteroatoms. The third-order valence-corrected chi connectivity index (χ3v) is 8.50. The zero-order chi connectivity index (χ0) is 30.4. The number of nitrogens with zero attached hydrogens (tertiary/aromatic N) is 4. The summed E-state index contributed by atoms with van der Waals surface area (Å²) in [7, 11) is 0. The molecule has 4 aromatic carbocycles. The molecule has 0 aliphatic heterocycles. The van der Waals surface area contributed by atoms with Crippen LogP contribution in [0.2, 0.25) is 0 Å². The van der Waals surface area contributed by atoms with Crippen molar-refractivity contribution in [2.45, 2.75) is 47.0 Å². The molecule has 0 radical (unpaired) electrons. The van der Waals surface area contributed by atoms with Crippen LogP contribution >= 0.6 is 0 Å². The van der Waals surface area contributed by atoms with E-state index in [4.69, 9.17) is 14.8 Å². The van der Waals surface area contributed by atoms with Gasteiger partial charge in [-0.15, -0.1) is 0 Å². The molecule has 0 saturated heterocycles. The lowest BCUT2D eigenvalue weighted by atomic mass is 9.95. The predicted octanol–water partition coefficient (Wildman–Crippen LogP) is 10.1. The highest BCUT2D eigenvalue weighted by molar-refractivity contribution is 6.09. The second-order valence-electron chi connectivity index (χ2n) is 11.9. The molecule has 0 saturated carbocycles. The van der Waals surface area contributed by atoms with E-state index in [0.29, 0.717) is 5.92 Å². The second-order valence-corrected chi connectivity index (χ2v) is 11.9. The van der Waals surface area contributed by atoms with Gasteiger partial charge in [-0.25, -0.2) is 9.67 Å². The highest BCUT2D eigenvalue weighted by Crippen LogP contribution is 2.36. The van der Waals surface area contributed by atoms with Crippen LogP contribution in [0.1, 0.15) is 48.9 Å². The van der Waals surface area contributed by atoms with E-state index in [0.717, 1.165) is 46.0 Å². The number of pyridine rings is 1. The number of ether oxygens (including phenoxy) is 1. The van der Waals surface area contributed by atoms with E-state index in [1.54, 1.807) is 0 Å². The molecule has 3 heterocycles. The molecule has 44 heavy (non-hydrogen) atoms. The topological polar surface area (TPSA) is 44.9 Å². The molecule has 3 aromatic heterocycles. The minimum absolute atomic E-state index is 0.413. The summed E-state index contributed by atoms with van der Waals surface area (Å²) in [6, 6.07) is 31.7. The van der Waals surface area contributed by atoms with Gasteiger partial charge in [-0.1, -0.05) is 57.2 Å². The average molecular weight is 577 g/mol. The molecule has 0 N–H and O–H groups in total. The first-order valence-corrected chi connectivity index (χ1v) is 15.3. The van der Waals surface area contributed by atoms with Crippen molar-refractivity contribution in [2.75, 3.05) is 0 Å². The zero-order valence-corrected chi connectivity index (χ0v) is 25.9. The van der Waals surface area contributed by atoms with Gasteiger partial charge in [0.05, 0.1) is 22.9 Å². The Bertz CT molecular complexity index is 2130. The maximum absolute atomic E-state index is 6.48. The number of aromatic nitrogens is 4. The van der Waals surface area contributed by atoms with Crippen molar-refractivity contribution in [3.63, 3.8) is 0 Å². The molecule has 0 bridgehead atoms. The molecule has 0 amide bonds. The van der Waals surface area contributed by atoms with Crippen molar-refractivity contribution in [3.05, 3.63) is 132 Å². The number of para-hydroxylation sites is 1. The largest absolute Gasteiger partial charge is 0.457 e. The Morgan fingerprint density at radius 3 is 2.34 bits per heavy atom. The summed E-state index contributed by atoms with van der Waals surface area (Å²) < 4.78 is 10.6. The average Bonchev–Trinajstić information content (AvgIpc) is 3.64. The van der Waals surface area contributed by atoms with Gasteiger partial charge in [0.2, 0.25) is 0 Å². The third-order valence-electron chi connectivity index (χ3n) is 8.50. The monoisotopic (exact) mass is 576 g/mol. The Labute approximate surface area is 258 Å². The summed E-state index contributed by atoms with van der Waals surface area (Å²) in [5, 5.41) is 7.07. The molecular formula is C39H36N4O. The highest BCUT2D eigenvalue weighted by atomic mass is 16.5. The summed E-state index contributed by atoms with van der Waals surface area (Å²) in [4.78, 5) is 4.78. The Kier molecular flexibility index (Phi) is 7.01. The molecule has 7 rings (SSSR count). The predicted molar refractivity (Wildman–Crippen MR) is 181 cm³/mol. The first kappa shape index (κ1) is 27.7. The summed E-state index contributed by atoms with van der Waals surface area (Å²) in [5.41, 5.74) is 10.7. The number of rotatable bonds is 7. The number of hydrogen-bond acceptors (Lipinski definition) is 3. The fraction of sp³-hybridized carbons (Fsp3) is 0.179. The number of benzene rings is 4. The SMILES string of the molecule is CCc1cc(C)c(-c2cnn(-c3cccc(Oc4ccc5c6ccccc6n(-c6cc(C(C)C)ccn6)c5c4)c3)c2)c(C)c1. The van der Waals surface area contributed by atoms with Crippen LogP contribution in [0.3, 0.4) is 0 Å². The minimum atomic E-state index is 0.413. The number of hydrogen-bond donors (Lipinski definition) is 0. The van der Waals surface area contributed by atoms with E-state index in [9.17, 15) is 0 Å². The maximum atomic E-state index is 6.48. The quantitative estimate of drug-likeness (QED) is 0.190. The molecule has 7 aromatic rings. The van der Waals surface area contributed by atoms with Crippen LogP contribution in [0.25, 0.3) is 44.4 Å². The normalized spacial score (nSPS) is 11.6. The first-order chi connectivity index (χ1) is 21.4. The zero-order valence-electron chi connectivity index (χ0n) is 25.9. The van der Waals surface area contributed by atoms with Gasteiger partial charge in [0.25, 0.3) is 0 Å². The summed E-state index contributed by atoms with van der Waals surface area (Å²) in [6.45, 7) is 11.0. The molecule has 5 nitrogen and oxygen atoms in total. The van der Waals surface area contributed by atoms with Crippen molar-refractivity contribution in [3.8, 4) is 34.1 Å². The molecule has 0 unspecified atom stereocenters. The van der Waals surface area contributed by atoms with Crippen molar-refractivity contribution in [2.24, 2.45) is 0 Å². The van der Waals surface area contributed by atoms with E-state index in [-0.39, 0.29) is 0 Å². The molecule has 0 fully saturated rings. The van der Waals surface area contributed by atoms with Crippen LogP contribution < -0.4 is 4.74 Å². The molecule has 0 aliphatic rings. The van der Waals surface area contributed by atoms with E-state index in [1.165, 1.54) is 38.6 Å². The summed E-state index contributed by atoms with van der Waals surface area (Å²) >= 11 is 0.